The zero-order valence-corrected chi connectivity index (χ0v) is 13.7. The molecule has 6 heteroatoms. The number of nitrogens with one attached hydrogen (secondary N) is 1. The van der Waals surface area contributed by atoms with Gasteiger partial charge >= 0.3 is 0 Å². The van der Waals surface area contributed by atoms with E-state index in [1.807, 2.05) is 31.3 Å². The first-order valence-electron chi connectivity index (χ1n) is 5.94. The summed E-state index contributed by atoms with van der Waals surface area (Å²) in [6, 6.07) is 7.62. The molecule has 1 aromatic carbocycles. The van der Waals surface area contributed by atoms with Crippen molar-refractivity contribution >= 4 is 34.5 Å². The number of thiophene rings is 1. The Balaban J connectivity index is 2.44. The Morgan fingerprint density at radius 2 is 1.80 bits per heavy atom. The SMILES string of the molecule is CNC(c1ccc(OC)c(OC)c1)c1cc(Cl)sc1Cl. The van der Waals surface area contributed by atoms with Crippen LogP contribution in [-0.2, 0) is 0 Å². The maximum Gasteiger partial charge on any atom is 0.161 e. The molecule has 1 N–H and O–H groups in total. The Bertz CT molecular complexity index is 601. The van der Waals surface area contributed by atoms with E-state index in [1.165, 1.54) is 11.3 Å². The Labute approximate surface area is 132 Å². The Morgan fingerprint density at radius 1 is 1.10 bits per heavy atom. The van der Waals surface area contributed by atoms with Crippen LogP contribution in [0.2, 0.25) is 8.67 Å². The van der Waals surface area contributed by atoms with Gasteiger partial charge in [0.2, 0.25) is 0 Å². The molecule has 0 saturated carbocycles. The summed E-state index contributed by atoms with van der Waals surface area (Å²) in [4.78, 5) is 0. The van der Waals surface area contributed by atoms with E-state index in [0.717, 1.165) is 11.1 Å². The first-order valence-corrected chi connectivity index (χ1v) is 7.51. The van der Waals surface area contributed by atoms with Gasteiger partial charge in [0.1, 0.15) is 0 Å². The average molecular weight is 332 g/mol. The lowest BCUT2D eigenvalue weighted by Gasteiger charge is -2.18. The van der Waals surface area contributed by atoms with Crippen LogP contribution in [-0.4, -0.2) is 21.3 Å². The van der Waals surface area contributed by atoms with Crippen LogP contribution in [0.5, 0.6) is 11.5 Å². The second kappa shape index (κ2) is 6.68. The fraction of sp³-hybridized carbons (Fsp3) is 0.286. The summed E-state index contributed by atoms with van der Waals surface area (Å²) < 4.78 is 11.9. The number of hydrogen-bond donors (Lipinski definition) is 1. The van der Waals surface area contributed by atoms with E-state index in [4.69, 9.17) is 32.7 Å². The topological polar surface area (TPSA) is 30.5 Å². The van der Waals surface area contributed by atoms with Gasteiger partial charge in [-0.15, -0.1) is 11.3 Å². The molecule has 20 heavy (non-hydrogen) atoms. The van der Waals surface area contributed by atoms with E-state index in [1.54, 1.807) is 14.2 Å². The number of halogens is 2. The fourth-order valence-electron chi connectivity index (χ4n) is 2.08. The summed E-state index contributed by atoms with van der Waals surface area (Å²) >= 11 is 13.6. The highest BCUT2D eigenvalue weighted by Crippen LogP contribution is 2.39. The van der Waals surface area contributed by atoms with Crippen LogP contribution in [0.15, 0.2) is 24.3 Å². The molecule has 0 saturated heterocycles. The van der Waals surface area contributed by atoms with E-state index < -0.39 is 0 Å². The Kier molecular flexibility index (Phi) is 5.16. The molecule has 2 rings (SSSR count). The van der Waals surface area contributed by atoms with Gasteiger partial charge < -0.3 is 14.8 Å². The number of benzene rings is 1. The quantitative estimate of drug-likeness (QED) is 0.881. The second-order valence-corrected chi connectivity index (χ2v) is 6.40. The van der Waals surface area contributed by atoms with Crippen LogP contribution in [0.3, 0.4) is 0 Å². The molecule has 3 nitrogen and oxygen atoms in total. The van der Waals surface area contributed by atoms with Crippen molar-refractivity contribution in [3.63, 3.8) is 0 Å². The second-order valence-electron chi connectivity index (χ2n) is 4.12. The number of ether oxygens (including phenoxy) is 2. The molecule has 0 fully saturated rings. The van der Waals surface area contributed by atoms with Crippen molar-refractivity contribution in [1.82, 2.24) is 5.32 Å². The highest BCUT2D eigenvalue weighted by Gasteiger charge is 2.19. The van der Waals surface area contributed by atoms with E-state index in [2.05, 4.69) is 5.32 Å². The molecule has 2 aromatic rings. The largest absolute Gasteiger partial charge is 0.493 e. The summed E-state index contributed by atoms with van der Waals surface area (Å²) in [5.74, 6) is 1.38. The van der Waals surface area contributed by atoms with Gasteiger partial charge in [0.25, 0.3) is 0 Å². The smallest absolute Gasteiger partial charge is 0.161 e. The minimum absolute atomic E-state index is 0.0499. The summed E-state index contributed by atoms with van der Waals surface area (Å²) in [5.41, 5.74) is 1.98. The first-order chi connectivity index (χ1) is 9.60. The van der Waals surface area contributed by atoms with Gasteiger partial charge in [0.15, 0.2) is 11.5 Å². The molecule has 0 amide bonds. The standard InChI is InChI=1S/C14H15Cl2NO2S/c1-17-13(9-7-12(15)20-14(9)16)8-4-5-10(18-2)11(6-8)19-3/h4-7,13,17H,1-3H3. The Morgan fingerprint density at radius 3 is 2.30 bits per heavy atom. The molecular formula is C14H15Cl2NO2S. The fourth-order valence-corrected chi connectivity index (χ4v) is 3.62. The molecule has 0 aliphatic heterocycles. The third-order valence-corrected chi connectivity index (χ3v) is 4.54. The third-order valence-electron chi connectivity index (χ3n) is 3.02. The minimum Gasteiger partial charge on any atom is -0.493 e. The maximum atomic E-state index is 6.24. The summed E-state index contributed by atoms with van der Waals surface area (Å²) in [7, 11) is 5.11. The molecular weight excluding hydrogens is 317 g/mol. The van der Waals surface area contributed by atoms with Crippen molar-refractivity contribution in [3.8, 4) is 11.5 Å². The molecule has 0 spiro atoms. The van der Waals surface area contributed by atoms with Crippen LogP contribution in [0.4, 0.5) is 0 Å². The van der Waals surface area contributed by atoms with Crippen LogP contribution < -0.4 is 14.8 Å². The van der Waals surface area contributed by atoms with Gasteiger partial charge in [0.05, 0.1) is 28.9 Å². The van der Waals surface area contributed by atoms with Crippen LogP contribution in [0.1, 0.15) is 17.2 Å². The average Bonchev–Trinajstić information content (AvgIpc) is 2.78. The Hall–Kier alpha value is -0.940. The van der Waals surface area contributed by atoms with Crippen molar-refractivity contribution in [2.45, 2.75) is 6.04 Å². The van der Waals surface area contributed by atoms with E-state index in [9.17, 15) is 0 Å². The summed E-state index contributed by atoms with van der Waals surface area (Å²) in [5, 5.41) is 3.24. The molecule has 0 radical (unpaired) electrons. The van der Waals surface area contributed by atoms with E-state index in [-0.39, 0.29) is 6.04 Å². The lowest BCUT2D eigenvalue weighted by atomic mass is 10.0. The van der Waals surface area contributed by atoms with Crippen LogP contribution in [0.25, 0.3) is 0 Å². The first kappa shape index (κ1) is 15.4. The normalized spacial score (nSPS) is 12.2. The van der Waals surface area contributed by atoms with Gasteiger partial charge in [-0.1, -0.05) is 29.3 Å². The molecule has 1 atom stereocenters. The molecule has 1 aromatic heterocycles. The number of hydrogen-bond acceptors (Lipinski definition) is 4. The highest BCUT2D eigenvalue weighted by atomic mass is 35.5. The van der Waals surface area contributed by atoms with Gasteiger partial charge in [-0.25, -0.2) is 0 Å². The third kappa shape index (κ3) is 3.04. The lowest BCUT2D eigenvalue weighted by molar-refractivity contribution is 0.354. The van der Waals surface area contributed by atoms with Crippen molar-refractivity contribution < 1.29 is 9.47 Å². The predicted molar refractivity (Wildman–Crippen MR) is 84.8 cm³/mol. The molecule has 0 bridgehead atoms. The number of methoxy groups -OCH3 is 2. The zero-order chi connectivity index (χ0) is 14.7. The van der Waals surface area contributed by atoms with E-state index >= 15 is 0 Å². The molecule has 0 aliphatic carbocycles. The van der Waals surface area contributed by atoms with Crippen molar-refractivity contribution in [2.75, 3.05) is 21.3 Å². The highest BCUT2D eigenvalue weighted by molar-refractivity contribution is 7.20. The van der Waals surface area contributed by atoms with Crippen molar-refractivity contribution in [3.05, 3.63) is 44.1 Å². The van der Waals surface area contributed by atoms with Crippen molar-refractivity contribution in [2.24, 2.45) is 0 Å². The van der Waals surface area contributed by atoms with Gasteiger partial charge in [-0.05, 0) is 30.8 Å². The van der Waals surface area contributed by atoms with Gasteiger partial charge in [-0.3, -0.25) is 0 Å². The zero-order valence-electron chi connectivity index (χ0n) is 11.4. The maximum absolute atomic E-state index is 6.24. The number of rotatable bonds is 5. The molecule has 1 unspecified atom stereocenters. The minimum atomic E-state index is -0.0499. The van der Waals surface area contributed by atoms with Gasteiger partial charge in [0, 0.05) is 5.56 Å². The molecule has 0 aliphatic rings. The molecule has 108 valence electrons. The summed E-state index contributed by atoms with van der Waals surface area (Å²) in [6.45, 7) is 0. The van der Waals surface area contributed by atoms with Crippen molar-refractivity contribution in [1.29, 1.82) is 0 Å². The van der Waals surface area contributed by atoms with Gasteiger partial charge in [-0.2, -0.15) is 0 Å². The van der Waals surface area contributed by atoms with E-state index in [0.29, 0.717) is 20.2 Å². The predicted octanol–water partition coefficient (Wildman–Crippen LogP) is 4.38. The summed E-state index contributed by atoms with van der Waals surface area (Å²) in [6.07, 6.45) is 0. The molecule has 1 heterocycles. The monoisotopic (exact) mass is 331 g/mol. The lowest BCUT2D eigenvalue weighted by Crippen LogP contribution is -2.17. The van der Waals surface area contributed by atoms with Crippen LogP contribution in [0, 0.1) is 0 Å². The van der Waals surface area contributed by atoms with Crippen LogP contribution >= 0.6 is 34.5 Å².